The first-order chi connectivity index (χ1) is 8.25. The van der Waals surface area contributed by atoms with E-state index in [4.69, 9.17) is 4.42 Å². The van der Waals surface area contributed by atoms with Gasteiger partial charge in [0.15, 0.2) is 5.76 Å². The zero-order valence-electron chi connectivity index (χ0n) is 9.32. The Morgan fingerprint density at radius 2 is 2.00 bits per heavy atom. The molecule has 0 amide bonds. The molecule has 1 aromatic heterocycles. The average Bonchev–Trinajstić information content (AvgIpc) is 2.95. The van der Waals surface area contributed by atoms with Gasteiger partial charge in [0, 0.05) is 0 Å². The maximum Gasteiger partial charge on any atom is 0.150 e. The zero-order chi connectivity index (χ0) is 11.8. The molecule has 1 unspecified atom stereocenters. The van der Waals surface area contributed by atoms with Crippen LogP contribution in [0, 0.1) is 0 Å². The van der Waals surface area contributed by atoms with Crippen molar-refractivity contribution in [1.82, 2.24) is 0 Å². The van der Waals surface area contributed by atoms with E-state index in [1.165, 1.54) is 17.5 Å². The molecule has 0 fully saturated rings. The van der Waals surface area contributed by atoms with Crippen LogP contribution in [-0.4, -0.2) is 5.11 Å². The van der Waals surface area contributed by atoms with Gasteiger partial charge in [-0.2, -0.15) is 0 Å². The largest absolute Gasteiger partial charge is 0.465 e. The lowest BCUT2D eigenvalue weighted by atomic mass is 10.0. The van der Waals surface area contributed by atoms with Crippen LogP contribution in [0.5, 0.6) is 0 Å². The molecular formula is C14H13BrO2. The SMILES string of the molecule is OC(c1ccc2c(c1)CCC2)c1occc1Br. The van der Waals surface area contributed by atoms with E-state index in [0.29, 0.717) is 5.76 Å². The second-order valence-electron chi connectivity index (χ2n) is 4.42. The van der Waals surface area contributed by atoms with E-state index in [9.17, 15) is 5.11 Å². The summed E-state index contributed by atoms with van der Waals surface area (Å²) in [5.74, 6) is 0.572. The highest BCUT2D eigenvalue weighted by Gasteiger charge is 2.19. The molecule has 1 aliphatic rings. The summed E-state index contributed by atoms with van der Waals surface area (Å²) in [6.07, 6.45) is 4.39. The van der Waals surface area contributed by atoms with Crippen molar-refractivity contribution in [2.75, 3.05) is 0 Å². The Balaban J connectivity index is 1.97. The Hall–Kier alpha value is -1.06. The molecule has 1 aromatic carbocycles. The Labute approximate surface area is 108 Å². The van der Waals surface area contributed by atoms with Gasteiger partial charge in [-0.05, 0) is 57.9 Å². The van der Waals surface area contributed by atoms with Crippen LogP contribution in [0.2, 0.25) is 0 Å². The fourth-order valence-electron chi connectivity index (χ4n) is 2.41. The Bertz CT molecular complexity index is 545. The van der Waals surface area contributed by atoms with Gasteiger partial charge in [0.25, 0.3) is 0 Å². The van der Waals surface area contributed by atoms with Crippen molar-refractivity contribution in [2.24, 2.45) is 0 Å². The van der Waals surface area contributed by atoms with E-state index in [1.54, 1.807) is 12.3 Å². The lowest BCUT2D eigenvalue weighted by Gasteiger charge is -2.10. The molecule has 0 saturated carbocycles. The van der Waals surface area contributed by atoms with E-state index in [1.807, 2.05) is 6.07 Å². The summed E-state index contributed by atoms with van der Waals surface area (Å²) in [6, 6.07) is 8.01. The van der Waals surface area contributed by atoms with E-state index in [-0.39, 0.29) is 0 Å². The second-order valence-corrected chi connectivity index (χ2v) is 5.27. The van der Waals surface area contributed by atoms with E-state index in [2.05, 4.69) is 28.1 Å². The highest BCUT2D eigenvalue weighted by atomic mass is 79.9. The molecule has 1 aliphatic carbocycles. The van der Waals surface area contributed by atoms with Crippen LogP contribution < -0.4 is 0 Å². The van der Waals surface area contributed by atoms with Crippen molar-refractivity contribution < 1.29 is 9.52 Å². The maximum atomic E-state index is 10.3. The number of rotatable bonds is 2. The zero-order valence-corrected chi connectivity index (χ0v) is 10.9. The van der Waals surface area contributed by atoms with Crippen molar-refractivity contribution in [1.29, 1.82) is 0 Å². The summed E-state index contributed by atoms with van der Waals surface area (Å²) >= 11 is 3.37. The van der Waals surface area contributed by atoms with Crippen LogP contribution in [0.15, 0.2) is 39.4 Å². The summed E-state index contributed by atoms with van der Waals surface area (Å²) in [6.45, 7) is 0. The van der Waals surface area contributed by atoms with Crippen molar-refractivity contribution in [3.8, 4) is 0 Å². The predicted molar refractivity (Wildman–Crippen MR) is 68.9 cm³/mol. The number of aliphatic hydroxyl groups excluding tert-OH is 1. The molecule has 17 heavy (non-hydrogen) atoms. The first-order valence-corrected chi connectivity index (χ1v) is 6.57. The van der Waals surface area contributed by atoms with Crippen molar-refractivity contribution in [3.63, 3.8) is 0 Å². The lowest BCUT2D eigenvalue weighted by molar-refractivity contribution is 0.188. The Morgan fingerprint density at radius 3 is 2.76 bits per heavy atom. The third kappa shape index (κ3) is 1.94. The Morgan fingerprint density at radius 1 is 1.18 bits per heavy atom. The molecule has 1 N–H and O–H groups in total. The maximum absolute atomic E-state index is 10.3. The summed E-state index contributed by atoms with van der Waals surface area (Å²) in [7, 11) is 0. The predicted octanol–water partition coefficient (Wildman–Crippen LogP) is 3.61. The molecule has 0 saturated heterocycles. The van der Waals surface area contributed by atoms with E-state index in [0.717, 1.165) is 22.9 Å². The fraction of sp³-hybridized carbons (Fsp3) is 0.286. The smallest absolute Gasteiger partial charge is 0.150 e. The molecule has 3 rings (SSSR count). The minimum atomic E-state index is -0.690. The number of hydrogen-bond donors (Lipinski definition) is 1. The molecular weight excluding hydrogens is 280 g/mol. The minimum absolute atomic E-state index is 0.572. The summed E-state index contributed by atoms with van der Waals surface area (Å²) in [4.78, 5) is 0. The van der Waals surface area contributed by atoms with Crippen LogP contribution in [0.4, 0.5) is 0 Å². The first-order valence-electron chi connectivity index (χ1n) is 5.78. The van der Waals surface area contributed by atoms with E-state index < -0.39 is 6.10 Å². The highest BCUT2D eigenvalue weighted by molar-refractivity contribution is 9.10. The van der Waals surface area contributed by atoms with Gasteiger partial charge in [0.1, 0.15) is 6.10 Å². The molecule has 0 spiro atoms. The number of aryl methyl sites for hydroxylation is 2. The number of aliphatic hydroxyl groups is 1. The van der Waals surface area contributed by atoms with Gasteiger partial charge >= 0.3 is 0 Å². The molecule has 0 radical (unpaired) electrons. The molecule has 2 aromatic rings. The number of hydrogen-bond acceptors (Lipinski definition) is 2. The Kier molecular flexibility index (Phi) is 2.81. The van der Waals surface area contributed by atoms with Crippen molar-refractivity contribution in [2.45, 2.75) is 25.4 Å². The van der Waals surface area contributed by atoms with Crippen LogP contribution in [-0.2, 0) is 12.8 Å². The standard InChI is InChI=1S/C14H13BrO2/c15-12-6-7-17-14(12)13(16)11-5-4-9-2-1-3-10(9)8-11/h4-8,13,16H,1-3H2. The quantitative estimate of drug-likeness (QED) is 0.917. The molecule has 1 atom stereocenters. The first kappa shape index (κ1) is 11.1. The normalized spacial score (nSPS) is 15.9. The number of benzene rings is 1. The second kappa shape index (κ2) is 4.31. The number of fused-ring (bicyclic) bond motifs is 1. The van der Waals surface area contributed by atoms with Gasteiger partial charge in [-0.25, -0.2) is 0 Å². The van der Waals surface area contributed by atoms with Gasteiger partial charge in [0.05, 0.1) is 10.7 Å². The molecule has 0 aliphatic heterocycles. The van der Waals surface area contributed by atoms with Crippen LogP contribution in [0.1, 0.15) is 35.0 Å². The molecule has 3 heteroatoms. The third-order valence-electron chi connectivity index (χ3n) is 3.33. The van der Waals surface area contributed by atoms with Gasteiger partial charge in [0.2, 0.25) is 0 Å². The molecule has 1 heterocycles. The molecule has 88 valence electrons. The monoisotopic (exact) mass is 292 g/mol. The lowest BCUT2D eigenvalue weighted by Crippen LogP contribution is -2.00. The third-order valence-corrected chi connectivity index (χ3v) is 3.99. The summed E-state index contributed by atoms with van der Waals surface area (Å²) in [5.41, 5.74) is 3.69. The van der Waals surface area contributed by atoms with Gasteiger partial charge in [-0.3, -0.25) is 0 Å². The van der Waals surface area contributed by atoms with Crippen molar-refractivity contribution >= 4 is 15.9 Å². The fourth-order valence-corrected chi connectivity index (χ4v) is 2.83. The highest BCUT2D eigenvalue weighted by Crippen LogP contribution is 2.32. The molecule has 0 bridgehead atoms. The summed E-state index contributed by atoms with van der Waals surface area (Å²) < 4.78 is 6.11. The van der Waals surface area contributed by atoms with Crippen LogP contribution in [0.3, 0.4) is 0 Å². The van der Waals surface area contributed by atoms with Gasteiger partial charge in [-0.1, -0.05) is 18.2 Å². The number of halogens is 1. The summed E-state index contributed by atoms with van der Waals surface area (Å²) in [5, 5.41) is 10.3. The van der Waals surface area contributed by atoms with E-state index >= 15 is 0 Å². The van der Waals surface area contributed by atoms with Gasteiger partial charge in [-0.15, -0.1) is 0 Å². The topological polar surface area (TPSA) is 33.4 Å². The van der Waals surface area contributed by atoms with Crippen LogP contribution >= 0.6 is 15.9 Å². The van der Waals surface area contributed by atoms with Crippen LogP contribution in [0.25, 0.3) is 0 Å². The average molecular weight is 293 g/mol. The number of furan rings is 1. The van der Waals surface area contributed by atoms with Crippen molar-refractivity contribution in [3.05, 3.63) is 57.5 Å². The molecule has 2 nitrogen and oxygen atoms in total. The van der Waals surface area contributed by atoms with Gasteiger partial charge < -0.3 is 9.52 Å². The minimum Gasteiger partial charge on any atom is -0.465 e.